The van der Waals surface area contributed by atoms with Gasteiger partial charge in [0.15, 0.2) is 0 Å². The minimum atomic E-state index is -0.614. The van der Waals surface area contributed by atoms with Gasteiger partial charge < -0.3 is 19.7 Å². The van der Waals surface area contributed by atoms with Gasteiger partial charge in [0.05, 0.1) is 19.4 Å². The number of rotatable bonds is 4. The second-order valence-electron chi connectivity index (χ2n) is 4.62. The molecule has 1 fully saturated rings. The molecule has 7 heteroatoms. The van der Waals surface area contributed by atoms with Gasteiger partial charge in [-0.2, -0.15) is 0 Å². The van der Waals surface area contributed by atoms with Gasteiger partial charge in [0.25, 0.3) is 0 Å². The number of hydrogen-bond acceptors (Lipinski definition) is 5. The summed E-state index contributed by atoms with van der Waals surface area (Å²) < 4.78 is 5.08. The highest BCUT2D eigenvalue weighted by atomic mass is 16.3. The summed E-state index contributed by atoms with van der Waals surface area (Å²) in [6.45, 7) is 3.29. The van der Waals surface area contributed by atoms with Crippen molar-refractivity contribution in [3.63, 3.8) is 0 Å². The lowest BCUT2D eigenvalue weighted by atomic mass is 10.3. The third-order valence-corrected chi connectivity index (χ3v) is 3.27. The van der Waals surface area contributed by atoms with Gasteiger partial charge in [-0.25, -0.2) is 0 Å². The number of furan rings is 1. The Morgan fingerprint density at radius 1 is 1.30 bits per heavy atom. The van der Waals surface area contributed by atoms with Crippen LogP contribution in [-0.4, -0.2) is 66.1 Å². The van der Waals surface area contributed by atoms with E-state index in [2.05, 4.69) is 10.2 Å². The summed E-state index contributed by atoms with van der Waals surface area (Å²) >= 11 is 0. The van der Waals surface area contributed by atoms with Gasteiger partial charge in [-0.1, -0.05) is 0 Å². The minimum Gasteiger partial charge on any atom is -0.467 e. The largest absolute Gasteiger partial charge is 0.467 e. The lowest BCUT2D eigenvalue weighted by Crippen LogP contribution is -2.52. The summed E-state index contributed by atoms with van der Waals surface area (Å²) in [4.78, 5) is 27.3. The fourth-order valence-electron chi connectivity index (χ4n) is 2.12. The Bertz CT molecular complexity index is 438. The number of aliphatic hydroxyl groups is 1. The van der Waals surface area contributed by atoms with Crippen LogP contribution in [0.2, 0.25) is 0 Å². The lowest BCUT2D eigenvalue weighted by molar-refractivity contribution is -0.147. The highest BCUT2D eigenvalue weighted by Gasteiger charge is 2.25. The first kappa shape index (κ1) is 14.5. The van der Waals surface area contributed by atoms with Crippen LogP contribution in [0.5, 0.6) is 0 Å². The number of nitrogens with zero attached hydrogens (tertiary/aromatic N) is 2. The van der Waals surface area contributed by atoms with Crippen LogP contribution in [0.4, 0.5) is 0 Å². The molecule has 0 radical (unpaired) electrons. The Balaban J connectivity index is 1.75. The summed E-state index contributed by atoms with van der Waals surface area (Å²) in [5, 5.41) is 11.4. The fourth-order valence-corrected chi connectivity index (χ4v) is 2.12. The SMILES string of the molecule is O=C(NCc1ccco1)C(=O)N1CCN(CCO)CC1. The zero-order valence-electron chi connectivity index (χ0n) is 11.2. The molecule has 110 valence electrons. The zero-order chi connectivity index (χ0) is 14.4. The Hall–Kier alpha value is -1.86. The van der Waals surface area contributed by atoms with Gasteiger partial charge in [0.1, 0.15) is 5.76 Å². The summed E-state index contributed by atoms with van der Waals surface area (Å²) in [7, 11) is 0. The molecular formula is C13H19N3O4. The van der Waals surface area contributed by atoms with E-state index in [9.17, 15) is 9.59 Å². The van der Waals surface area contributed by atoms with Crippen LogP contribution in [0.1, 0.15) is 5.76 Å². The quantitative estimate of drug-likeness (QED) is 0.694. The van der Waals surface area contributed by atoms with Gasteiger partial charge in [-0.05, 0) is 12.1 Å². The van der Waals surface area contributed by atoms with Crippen LogP contribution >= 0.6 is 0 Å². The monoisotopic (exact) mass is 281 g/mol. The number of aliphatic hydroxyl groups excluding tert-OH is 1. The van der Waals surface area contributed by atoms with Crippen molar-refractivity contribution in [3.05, 3.63) is 24.2 Å². The van der Waals surface area contributed by atoms with Crippen molar-refractivity contribution in [1.82, 2.24) is 15.1 Å². The van der Waals surface area contributed by atoms with Crippen molar-refractivity contribution in [1.29, 1.82) is 0 Å². The van der Waals surface area contributed by atoms with E-state index in [4.69, 9.17) is 9.52 Å². The number of β-amino-alcohol motifs (C(OH)–C–C–N with tert-alkyl or cyclic N) is 1. The normalized spacial score (nSPS) is 16.1. The van der Waals surface area contributed by atoms with E-state index in [0.29, 0.717) is 38.5 Å². The molecule has 0 aromatic carbocycles. The molecule has 1 aromatic heterocycles. The first-order valence-corrected chi connectivity index (χ1v) is 6.63. The maximum atomic E-state index is 11.9. The second-order valence-corrected chi connectivity index (χ2v) is 4.62. The molecular weight excluding hydrogens is 262 g/mol. The molecule has 0 bridgehead atoms. The molecule has 2 amide bonds. The summed E-state index contributed by atoms with van der Waals surface area (Å²) in [6, 6.07) is 3.46. The predicted molar refractivity (Wildman–Crippen MR) is 70.7 cm³/mol. The number of hydrogen-bond donors (Lipinski definition) is 2. The predicted octanol–water partition coefficient (Wildman–Crippen LogP) is -0.968. The van der Waals surface area contributed by atoms with E-state index in [1.165, 1.54) is 11.2 Å². The number of carbonyl (C=O) groups is 2. The summed E-state index contributed by atoms with van der Waals surface area (Å²) in [5.74, 6) is -0.517. The zero-order valence-corrected chi connectivity index (χ0v) is 11.2. The number of amides is 2. The van der Waals surface area contributed by atoms with E-state index in [0.717, 1.165) is 0 Å². The average molecular weight is 281 g/mol. The fraction of sp³-hybridized carbons (Fsp3) is 0.538. The average Bonchev–Trinajstić information content (AvgIpc) is 2.98. The van der Waals surface area contributed by atoms with E-state index in [-0.39, 0.29) is 13.2 Å². The van der Waals surface area contributed by atoms with Crippen molar-refractivity contribution < 1.29 is 19.1 Å². The van der Waals surface area contributed by atoms with Gasteiger partial charge in [0.2, 0.25) is 0 Å². The third kappa shape index (κ3) is 3.82. The van der Waals surface area contributed by atoms with Gasteiger partial charge >= 0.3 is 11.8 Å². The minimum absolute atomic E-state index is 0.109. The molecule has 0 aliphatic carbocycles. The van der Waals surface area contributed by atoms with Gasteiger partial charge in [-0.3, -0.25) is 14.5 Å². The standard InChI is InChI=1S/C13H19N3O4/c17-8-7-15-3-5-16(6-4-15)13(19)12(18)14-10-11-2-1-9-20-11/h1-2,9,17H,3-8,10H2,(H,14,18). The number of carbonyl (C=O) groups excluding carboxylic acids is 2. The van der Waals surface area contributed by atoms with Gasteiger partial charge in [0, 0.05) is 32.7 Å². The number of piperazine rings is 1. The molecule has 1 aliphatic rings. The molecule has 1 saturated heterocycles. The van der Waals surface area contributed by atoms with Crippen LogP contribution in [0.15, 0.2) is 22.8 Å². The van der Waals surface area contributed by atoms with Crippen LogP contribution in [0, 0.1) is 0 Å². The Morgan fingerprint density at radius 2 is 2.05 bits per heavy atom. The Kier molecular flexibility index (Phi) is 5.14. The molecule has 7 nitrogen and oxygen atoms in total. The highest BCUT2D eigenvalue weighted by molar-refractivity contribution is 6.34. The van der Waals surface area contributed by atoms with Crippen LogP contribution in [0.3, 0.4) is 0 Å². The summed E-state index contributed by atoms with van der Waals surface area (Å²) in [5.41, 5.74) is 0. The molecule has 20 heavy (non-hydrogen) atoms. The van der Waals surface area contributed by atoms with Crippen LogP contribution < -0.4 is 5.32 Å². The maximum absolute atomic E-state index is 11.9. The van der Waals surface area contributed by atoms with Crippen LogP contribution in [-0.2, 0) is 16.1 Å². The van der Waals surface area contributed by atoms with Crippen molar-refractivity contribution in [2.45, 2.75) is 6.54 Å². The molecule has 0 unspecified atom stereocenters. The number of nitrogens with one attached hydrogen (secondary N) is 1. The molecule has 1 aliphatic heterocycles. The first-order chi connectivity index (χ1) is 9.70. The van der Waals surface area contributed by atoms with E-state index in [1.807, 2.05) is 0 Å². The van der Waals surface area contributed by atoms with E-state index in [1.54, 1.807) is 12.1 Å². The lowest BCUT2D eigenvalue weighted by Gasteiger charge is -2.33. The molecule has 0 atom stereocenters. The van der Waals surface area contributed by atoms with Crippen molar-refractivity contribution in [2.24, 2.45) is 0 Å². The van der Waals surface area contributed by atoms with E-state index < -0.39 is 11.8 Å². The Morgan fingerprint density at radius 3 is 2.65 bits per heavy atom. The molecule has 2 rings (SSSR count). The van der Waals surface area contributed by atoms with Crippen molar-refractivity contribution in [3.8, 4) is 0 Å². The van der Waals surface area contributed by atoms with E-state index >= 15 is 0 Å². The van der Waals surface area contributed by atoms with Crippen molar-refractivity contribution >= 4 is 11.8 Å². The van der Waals surface area contributed by atoms with Gasteiger partial charge in [-0.15, -0.1) is 0 Å². The second kappa shape index (κ2) is 7.06. The smallest absolute Gasteiger partial charge is 0.311 e. The molecule has 2 heterocycles. The first-order valence-electron chi connectivity index (χ1n) is 6.63. The van der Waals surface area contributed by atoms with Crippen LogP contribution in [0.25, 0.3) is 0 Å². The Labute approximate surface area is 117 Å². The third-order valence-electron chi connectivity index (χ3n) is 3.27. The molecule has 2 N–H and O–H groups in total. The van der Waals surface area contributed by atoms with Crippen molar-refractivity contribution in [2.75, 3.05) is 39.3 Å². The highest BCUT2D eigenvalue weighted by Crippen LogP contribution is 2.03. The topological polar surface area (TPSA) is 86.0 Å². The molecule has 0 spiro atoms. The molecule has 1 aromatic rings. The molecule has 0 saturated carbocycles. The summed E-state index contributed by atoms with van der Waals surface area (Å²) in [6.07, 6.45) is 1.52. The maximum Gasteiger partial charge on any atom is 0.311 e.